The Bertz CT molecular complexity index is 370. The van der Waals surface area contributed by atoms with E-state index in [-0.39, 0.29) is 12.5 Å². The minimum Gasteiger partial charge on any atom is -0.444 e. The number of amides is 1. The van der Waals surface area contributed by atoms with Crippen LogP contribution in [-0.2, 0) is 4.74 Å². The maximum Gasteiger partial charge on any atom is 0.407 e. The number of hydrogen-bond acceptors (Lipinski definition) is 3. The summed E-state index contributed by atoms with van der Waals surface area (Å²) >= 11 is 0. The molecule has 0 saturated heterocycles. The van der Waals surface area contributed by atoms with Crippen LogP contribution in [0.4, 0.5) is 4.79 Å². The van der Waals surface area contributed by atoms with Crippen molar-refractivity contribution in [3.63, 3.8) is 0 Å². The van der Waals surface area contributed by atoms with Crippen LogP contribution < -0.4 is 5.32 Å². The fourth-order valence-corrected chi connectivity index (χ4v) is 1.53. The van der Waals surface area contributed by atoms with Gasteiger partial charge in [0.1, 0.15) is 5.60 Å². The highest BCUT2D eigenvalue weighted by molar-refractivity contribution is 5.67. The van der Waals surface area contributed by atoms with Crippen LogP contribution in [0.1, 0.15) is 32.3 Å². The van der Waals surface area contributed by atoms with Gasteiger partial charge in [0.05, 0.1) is 6.61 Å². The average Bonchev–Trinajstić information content (AvgIpc) is 2.29. The first-order chi connectivity index (χ1) is 8.42. The number of carbonyl (C=O) groups is 1. The van der Waals surface area contributed by atoms with E-state index >= 15 is 0 Å². The molecule has 4 nitrogen and oxygen atoms in total. The van der Waals surface area contributed by atoms with Crippen LogP contribution >= 0.6 is 0 Å². The molecule has 1 aromatic rings. The highest BCUT2D eigenvalue weighted by Gasteiger charge is 2.17. The molecule has 2 N–H and O–H groups in total. The van der Waals surface area contributed by atoms with Crippen molar-refractivity contribution in [1.29, 1.82) is 0 Å². The number of nitrogens with one attached hydrogen (secondary N) is 1. The molecule has 0 aliphatic carbocycles. The molecule has 1 atom stereocenters. The molecule has 100 valence electrons. The van der Waals surface area contributed by atoms with Crippen molar-refractivity contribution in [2.24, 2.45) is 0 Å². The molecule has 0 heterocycles. The Morgan fingerprint density at radius 3 is 2.44 bits per heavy atom. The second kappa shape index (κ2) is 6.40. The fraction of sp³-hybridized carbons (Fsp3) is 0.500. The summed E-state index contributed by atoms with van der Waals surface area (Å²) in [5.74, 6) is -0.112. The normalized spacial score (nSPS) is 12.9. The smallest absolute Gasteiger partial charge is 0.407 e. The van der Waals surface area contributed by atoms with E-state index in [0.717, 1.165) is 5.56 Å². The van der Waals surface area contributed by atoms with Crippen LogP contribution in [0.3, 0.4) is 0 Å². The van der Waals surface area contributed by atoms with Crippen LogP contribution in [0.2, 0.25) is 0 Å². The number of alkyl carbamates (subject to hydrolysis) is 1. The first kappa shape index (κ1) is 14.5. The van der Waals surface area contributed by atoms with E-state index in [4.69, 9.17) is 4.74 Å². The van der Waals surface area contributed by atoms with Gasteiger partial charge in [-0.2, -0.15) is 0 Å². The molecule has 4 heteroatoms. The van der Waals surface area contributed by atoms with Gasteiger partial charge in [0.15, 0.2) is 0 Å². The Morgan fingerprint density at radius 2 is 1.94 bits per heavy atom. The highest BCUT2D eigenvalue weighted by atomic mass is 16.6. The largest absolute Gasteiger partial charge is 0.444 e. The molecule has 0 aliphatic rings. The maximum absolute atomic E-state index is 11.5. The van der Waals surface area contributed by atoms with Crippen molar-refractivity contribution in [2.75, 3.05) is 13.2 Å². The second-order valence-electron chi connectivity index (χ2n) is 5.17. The van der Waals surface area contributed by atoms with Gasteiger partial charge in [0.2, 0.25) is 0 Å². The van der Waals surface area contributed by atoms with Crippen LogP contribution in [0.25, 0.3) is 0 Å². The van der Waals surface area contributed by atoms with Crippen molar-refractivity contribution in [3.8, 4) is 0 Å². The van der Waals surface area contributed by atoms with E-state index in [1.165, 1.54) is 0 Å². The first-order valence-corrected chi connectivity index (χ1v) is 6.05. The SMILES string of the molecule is CC(C)(C)OC(=O)NCC(CO)c1ccccc1. The molecule has 0 spiro atoms. The third-order valence-corrected chi connectivity index (χ3v) is 2.38. The molecule has 0 fully saturated rings. The zero-order valence-electron chi connectivity index (χ0n) is 11.1. The molecule has 1 aromatic carbocycles. The molecule has 0 saturated carbocycles. The van der Waals surface area contributed by atoms with Crippen LogP contribution in [0.5, 0.6) is 0 Å². The van der Waals surface area contributed by atoms with Crippen molar-refractivity contribution >= 4 is 6.09 Å². The predicted molar refractivity (Wildman–Crippen MR) is 70.5 cm³/mol. The lowest BCUT2D eigenvalue weighted by Crippen LogP contribution is -2.35. The van der Waals surface area contributed by atoms with Crippen molar-refractivity contribution in [3.05, 3.63) is 35.9 Å². The average molecular weight is 251 g/mol. The molecular weight excluding hydrogens is 230 g/mol. The monoisotopic (exact) mass is 251 g/mol. The Balaban J connectivity index is 2.48. The van der Waals surface area contributed by atoms with Gasteiger partial charge in [-0.15, -0.1) is 0 Å². The van der Waals surface area contributed by atoms with Crippen molar-refractivity contribution < 1.29 is 14.6 Å². The summed E-state index contributed by atoms with van der Waals surface area (Å²) in [6.07, 6.45) is -0.461. The summed E-state index contributed by atoms with van der Waals surface area (Å²) in [7, 11) is 0. The van der Waals surface area contributed by atoms with Gasteiger partial charge in [-0.1, -0.05) is 30.3 Å². The molecule has 18 heavy (non-hydrogen) atoms. The Kier molecular flexibility index (Phi) is 5.16. The number of aliphatic hydroxyl groups excluding tert-OH is 1. The van der Waals surface area contributed by atoms with Crippen LogP contribution in [-0.4, -0.2) is 30.0 Å². The molecule has 1 rings (SSSR count). The Hall–Kier alpha value is -1.55. The zero-order chi connectivity index (χ0) is 13.6. The van der Waals surface area contributed by atoms with Gasteiger partial charge >= 0.3 is 6.09 Å². The van der Waals surface area contributed by atoms with E-state index in [0.29, 0.717) is 6.54 Å². The predicted octanol–water partition coefficient (Wildman–Crippen LogP) is 2.29. The maximum atomic E-state index is 11.5. The number of ether oxygens (including phenoxy) is 1. The number of aliphatic hydroxyl groups is 1. The highest BCUT2D eigenvalue weighted by Crippen LogP contribution is 2.14. The van der Waals surface area contributed by atoms with Gasteiger partial charge in [0.25, 0.3) is 0 Å². The minimum absolute atomic E-state index is 0.0141. The van der Waals surface area contributed by atoms with E-state index in [9.17, 15) is 9.90 Å². The van der Waals surface area contributed by atoms with E-state index in [1.807, 2.05) is 51.1 Å². The summed E-state index contributed by atoms with van der Waals surface area (Å²) in [6, 6.07) is 9.59. The number of benzene rings is 1. The van der Waals surface area contributed by atoms with Gasteiger partial charge in [-0.25, -0.2) is 4.79 Å². The second-order valence-corrected chi connectivity index (χ2v) is 5.17. The van der Waals surface area contributed by atoms with Gasteiger partial charge in [-0.3, -0.25) is 0 Å². The van der Waals surface area contributed by atoms with Gasteiger partial charge in [0, 0.05) is 12.5 Å². The van der Waals surface area contributed by atoms with Crippen LogP contribution in [0, 0.1) is 0 Å². The quantitative estimate of drug-likeness (QED) is 0.863. The number of carbonyl (C=O) groups excluding carboxylic acids is 1. The third-order valence-electron chi connectivity index (χ3n) is 2.38. The Morgan fingerprint density at radius 1 is 1.33 bits per heavy atom. The molecule has 0 bridgehead atoms. The van der Waals surface area contributed by atoms with Gasteiger partial charge in [-0.05, 0) is 26.3 Å². The van der Waals surface area contributed by atoms with E-state index in [1.54, 1.807) is 0 Å². The topological polar surface area (TPSA) is 58.6 Å². The molecule has 1 amide bonds. The lowest BCUT2D eigenvalue weighted by Gasteiger charge is -2.21. The van der Waals surface area contributed by atoms with E-state index < -0.39 is 11.7 Å². The number of rotatable bonds is 4. The summed E-state index contributed by atoms with van der Waals surface area (Å²) in [5, 5.41) is 12.0. The van der Waals surface area contributed by atoms with Crippen molar-refractivity contribution in [2.45, 2.75) is 32.3 Å². The van der Waals surface area contributed by atoms with Crippen LogP contribution in [0.15, 0.2) is 30.3 Å². The molecule has 0 aliphatic heterocycles. The van der Waals surface area contributed by atoms with Crippen molar-refractivity contribution in [1.82, 2.24) is 5.32 Å². The summed E-state index contributed by atoms with van der Waals surface area (Å²) < 4.78 is 5.14. The lowest BCUT2D eigenvalue weighted by molar-refractivity contribution is 0.0521. The van der Waals surface area contributed by atoms with E-state index in [2.05, 4.69) is 5.32 Å². The molecule has 1 unspecified atom stereocenters. The Labute approximate surface area is 108 Å². The molecule has 0 radical (unpaired) electrons. The van der Waals surface area contributed by atoms with Gasteiger partial charge < -0.3 is 15.2 Å². The zero-order valence-corrected chi connectivity index (χ0v) is 11.1. The molecular formula is C14H21NO3. The minimum atomic E-state index is -0.508. The molecule has 0 aromatic heterocycles. The third kappa shape index (κ3) is 5.19. The summed E-state index contributed by atoms with van der Waals surface area (Å²) in [5.41, 5.74) is 0.488. The number of hydrogen-bond donors (Lipinski definition) is 2. The standard InChI is InChI=1S/C14H21NO3/c1-14(2,3)18-13(17)15-9-12(10-16)11-7-5-4-6-8-11/h4-8,12,16H,9-10H2,1-3H3,(H,15,17). The summed E-state index contributed by atoms with van der Waals surface area (Å²) in [4.78, 5) is 11.5. The lowest BCUT2D eigenvalue weighted by atomic mass is 10.0. The summed E-state index contributed by atoms with van der Waals surface area (Å²) in [6.45, 7) is 5.78. The fourth-order valence-electron chi connectivity index (χ4n) is 1.53. The first-order valence-electron chi connectivity index (χ1n) is 6.05.